The van der Waals surface area contributed by atoms with Crippen LogP contribution in [-0.2, 0) is 22.2 Å². The summed E-state index contributed by atoms with van der Waals surface area (Å²) in [5.74, 6) is -0.683. The summed E-state index contributed by atoms with van der Waals surface area (Å²) in [6, 6.07) is 0.836. The maximum Gasteiger partial charge on any atom is 0.417 e. The van der Waals surface area contributed by atoms with Gasteiger partial charge >= 0.3 is 6.18 Å². The second-order valence-electron chi connectivity index (χ2n) is 7.62. The SMILES string of the molecule is O=C(CCc1nc(-c2cnccc2C(F)(F)F)no1)NCCCNC1=C2C=CC=CC2C(=O)N=N1. The Balaban J connectivity index is 1.20. The lowest BCUT2D eigenvalue weighted by molar-refractivity contribution is -0.137. The van der Waals surface area contributed by atoms with E-state index in [1.165, 1.54) is 0 Å². The molecule has 2 amide bonds. The van der Waals surface area contributed by atoms with E-state index in [0.29, 0.717) is 25.3 Å². The van der Waals surface area contributed by atoms with Gasteiger partial charge in [0.1, 0.15) is 0 Å². The van der Waals surface area contributed by atoms with Gasteiger partial charge in [-0.3, -0.25) is 14.6 Å². The zero-order valence-corrected chi connectivity index (χ0v) is 18.2. The summed E-state index contributed by atoms with van der Waals surface area (Å²) in [6.45, 7) is 0.875. The number of amides is 2. The molecule has 1 unspecified atom stereocenters. The van der Waals surface area contributed by atoms with Crippen LogP contribution in [-0.4, -0.2) is 40.0 Å². The molecule has 0 bridgehead atoms. The number of carbonyl (C=O) groups excluding carboxylic acids is 2. The van der Waals surface area contributed by atoms with Crippen molar-refractivity contribution in [3.05, 3.63) is 65.6 Å². The first-order chi connectivity index (χ1) is 16.8. The molecule has 10 nitrogen and oxygen atoms in total. The zero-order chi connectivity index (χ0) is 24.8. The van der Waals surface area contributed by atoms with Gasteiger partial charge in [0.2, 0.25) is 17.6 Å². The van der Waals surface area contributed by atoms with Crippen molar-refractivity contribution in [3.63, 3.8) is 0 Å². The normalized spacial score (nSPS) is 17.0. The van der Waals surface area contributed by atoms with Crippen LogP contribution in [0, 0.1) is 5.92 Å². The standard InChI is InChI=1S/C22H20F3N7O3/c23-22(24,25)16-8-11-26-12-15(16)20-29-18(35-32-20)7-6-17(33)27-9-3-10-28-19-13-4-1-2-5-14(13)21(34)31-30-19/h1-2,4-5,8,11-12,14,28H,3,6-7,9-10H2,(H,27,33). The van der Waals surface area contributed by atoms with Gasteiger partial charge in [-0.2, -0.15) is 18.2 Å². The number of hydrogen-bond acceptors (Lipinski definition) is 8. The predicted molar refractivity (Wildman–Crippen MR) is 115 cm³/mol. The van der Waals surface area contributed by atoms with Crippen LogP contribution in [0.2, 0.25) is 0 Å². The number of aryl methyl sites for hydroxylation is 1. The van der Waals surface area contributed by atoms with Crippen LogP contribution in [0.25, 0.3) is 11.4 Å². The monoisotopic (exact) mass is 487 g/mol. The van der Waals surface area contributed by atoms with Gasteiger partial charge in [-0.05, 0) is 12.5 Å². The number of fused-ring (bicyclic) bond motifs is 1. The van der Waals surface area contributed by atoms with Crippen molar-refractivity contribution < 1.29 is 27.3 Å². The van der Waals surface area contributed by atoms with E-state index >= 15 is 0 Å². The lowest BCUT2D eigenvalue weighted by atomic mass is 9.93. The molecule has 13 heteroatoms. The number of nitrogens with zero attached hydrogens (tertiary/aromatic N) is 5. The summed E-state index contributed by atoms with van der Waals surface area (Å²) in [5, 5.41) is 17.0. The summed E-state index contributed by atoms with van der Waals surface area (Å²) in [7, 11) is 0. The topological polar surface area (TPSA) is 135 Å². The van der Waals surface area contributed by atoms with Crippen LogP contribution in [0.1, 0.15) is 24.3 Å². The maximum atomic E-state index is 13.2. The van der Waals surface area contributed by atoms with E-state index in [2.05, 4.69) is 36.0 Å². The molecule has 2 N–H and O–H groups in total. The van der Waals surface area contributed by atoms with Gasteiger partial charge in [-0.15, -0.1) is 10.2 Å². The molecule has 0 aromatic carbocycles. The second-order valence-corrected chi connectivity index (χ2v) is 7.62. The van der Waals surface area contributed by atoms with Gasteiger partial charge in [0, 0.05) is 43.9 Å². The number of hydrogen-bond donors (Lipinski definition) is 2. The van der Waals surface area contributed by atoms with Crippen LogP contribution >= 0.6 is 0 Å². The van der Waals surface area contributed by atoms with Crippen molar-refractivity contribution in [1.29, 1.82) is 0 Å². The van der Waals surface area contributed by atoms with E-state index < -0.39 is 17.7 Å². The fourth-order valence-corrected chi connectivity index (χ4v) is 3.46. The van der Waals surface area contributed by atoms with Crippen LogP contribution in [0.3, 0.4) is 0 Å². The third-order valence-electron chi connectivity index (χ3n) is 5.18. The molecule has 1 atom stereocenters. The average molecular weight is 487 g/mol. The van der Waals surface area contributed by atoms with Gasteiger partial charge in [-0.1, -0.05) is 29.5 Å². The Hall–Kier alpha value is -4.16. The lowest BCUT2D eigenvalue weighted by Gasteiger charge is -2.20. The Morgan fingerprint density at radius 3 is 2.86 bits per heavy atom. The highest BCUT2D eigenvalue weighted by molar-refractivity contribution is 5.86. The molecule has 1 aliphatic heterocycles. The fourth-order valence-electron chi connectivity index (χ4n) is 3.46. The Labute approximate surface area is 197 Å². The van der Waals surface area contributed by atoms with Gasteiger partial charge in [0.25, 0.3) is 5.91 Å². The molecule has 1 aliphatic carbocycles. The first-order valence-corrected chi connectivity index (χ1v) is 10.7. The van der Waals surface area contributed by atoms with Gasteiger partial charge < -0.3 is 15.2 Å². The highest BCUT2D eigenvalue weighted by Gasteiger charge is 2.35. The van der Waals surface area contributed by atoms with Crippen molar-refractivity contribution >= 4 is 11.8 Å². The third-order valence-corrected chi connectivity index (χ3v) is 5.18. The summed E-state index contributed by atoms with van der Waals surface area (Å²) < 4.78 is 44.5. The number of rotatable bonds is 9. The summed E-state index contributed by atoms with van der Waals surface area (Å²) in [5.41, 5.74) is -0.462. The van der Waals surface area contributed by atoms with Crippen LogP contribution < -0.4 is 10.6 Å². The number of halogens is 3. The average Bonchev–Trinajstić information content (AvgIpc) is 3.32. The molecule has 2 aromatic heterocycles. The molecule has 0 saturated carbocycles. The van der Waals surface area contributed by atoms with E-state index in [1.807, 2.05) is 12.2 Å². The van der Waals surface area contributed by atoms with Crippen molar-refractivity contribution in [2.45, 2.75) is 25.4 Å². The van der Waals surface area contributed by atoms with E-state index in [4.69, 9.17) is 4.52 Å². The number of pyridine rings is 1. The van der Waals surface area contributed by atoms with Gasteiger partial charge in [-0.25, -0.2) is 0 Å². The molecule has 0 spiro atoms. The van der Waals surface area contributed by atoms with E-state index in [-0.39, 0.29) is 41.9 Å². The predicted octanol–water partition coefficient (Wildman–Crippen LogP) is 3.13. The van der Waals surface area contributed by atoms with Crippen molar-refractivity contribution in [2.24, 2.45) is 16.1 Å². The summed E-state index contributed by atoms with van der Waals surface area (Å²) >= 11 is 0. The van der Waals surface area contributed by atoms with Gasteiger partial charge in [0.05, 0.1) is 17.0 Å². The minimum Gasteiger partial charge on any atom is -0.368 e. The molecule has 0 fully saturated rings. The Morgan fingerprint density at radius 2 is 2.03 bits per heavy atom. The molecule has 3 heterocycles. The Morgan fingerprint density at radius 1 is 1.17 bits per heavy atom. The van der Waals surface area contributed by atoms with Crippen LogP contribution in [0.5, 0.6) is 0 Å². The zero-order valence-electron chi connectivity index (χ0n) is 18.2. The van der Waals surface area contributed by atoms with E-state index in [1.54, 1.807) is 12.2 Å². The second kappa shape index (κ2) is 10.4. The highest BCUT2D eigenvalue weighted by Crippen LogP contribution is 2.35. The smallest absolute Gasteiger partial charge is 0.368 e. The van der Waals surface area contributed by atoms with Crippen molar-refractivity contribution in [1.82, 2.24) is 25.8 Å². The minimum atomic E-state index is -4.59. The fraction of sp³-hybridized carbons (Fsp3) is 0.318. The molecule has 2 aliphatic rings. The van der Waals surface area contributed by atoms with Crippen LogP contribution in [0.15, 0.2) is 68.9 Å². The molecule has 2 aromatic rings. The number of allylic oxidation sites excluding steroid dienone is 3. The molecule has 182 valence electrons. The van der Waals surface area contributed by atoms with Crippen molar-refractivity contribution in [2.75, 3.05) is 13.1 Å². The molecule has 0 radical (unpaired) electrons. The molecule has 35 heavy (non-hydrogen) atoms. The number of aromatic nitrogens is 3. The number of azo groups is 1. The Kier molecular flexibility index (Phi) is 7.13. The van der Waals surface area contributed by atoms with Crippen molar-refractivity contribution in [3.8, 4) is 11.4 Å². The third kappa shape index (κ3) is 5.86. The summed E-state index contributed by atoms with van der Waals surface area (Å²) in [4.78, 5) is 31.5. The summed E-state index contributed by atoms with van der Waals surface area (Å²) in [6.07, 6.45) is 5.32. The Bertz CT molecular complexity index is 1230. The highest BCUT2D eigenvalue weighted by atomic mass is 19.4. The maximum absolute atomic E-state index is 13.2. The number of alkyl halides is 3. The number of carbonyl (C=O) groups is 2. The van der Waals surface area contributed by atoms with Crippen LogP contribution in [0.4, 0.5) is 13.2 Å². The quantitative estimate of drug-likeness (QED) is 0.519. The minimum absolute atomic E-state index is 0.0265. The molecule has 4 rings (SSSR count). The molecular formula is C22H20F3N7O3. The first-order valence-electron chi connectivity index (χ1n) is 10.7. The van der Waals surface area contributed by atoms with E-state index in [9.17, 15) is 22.8 Å². The van der Waals surface area contributed by atoms with Gasteiger partial charge in [0.15, 0.2) is 5.82 Å². The lowest BCUT2D eigenvalue weighted by Crippen LogP contribution is -2.28. The van der Waals surface area contributed by atoms with E-state index in [0.717, 1.165) is 24.0 Å². The molecule has 0 saturated heterocycles. The largest absolute Gasteiger partial charge is 0.417 e. The first kappa shape index (κ1) is 24.0. The number of nitrogens with one attached hydrogen (secondary N) is 2. The molecular weight excluding hydrogens is 467 g/mol.